The predicted octanol–water partition coefficient (Wildman–Crippen LogP) is 3.30. The smallest absolute Gasteiger partial charge is 0.204 e. The van der Waals surface area contributed by atoms with Crippen molar-refractivity contribution in [2.75, 3.05) is 5.32 Å². The number of anilines is 1. The molecule has 0 saturated heterocycles. The molecule has 2 unspecified atom stereocenters. The molecule has 3 atom stereocenters. The van der Waals surface area contributed by atoms with Crippen LogP contribution < -0.4 is 10.6 Å². The van der Waals surface area contributed by atoms with E-state index in [2.05, 4.69) is 31.5 Å². The number of nitrogens with zero attached hydrogens (tertiary/aromatic N) is 2. The highest BCUT2D eigenvalue weighted by Gasteiger charge is 2.56. The largest absolute Gasteiger partial charge is 0.444 e. The van der Waals surface area contributed by atoms with Crippen LogP contribution in [-0.2, 0) is 0 Å². The number of pyridine rings is 1. The average Bonchev–Trinajstić information content (AvgIpc) is 3.33. The first kappa shape index (κ1) is 16.5. The standard InChI is InChI=1S/C19H21BrN4O2/c20-17-14-4-13(8-21)26-16(14)9-22-18(17)23-15-7-19(5-10(15)6-19)24-11-1-2-12(25)3-11/h4,9-12,15,24-25H,1-3,5-7H2,(H,22,23)/t10?,11?,12?,15-,19?/m1/s1. The van der Waals surface area contributed by atoms with Gasteiger partial charge in [-0.3, -0.25) is 0 Å². The number of furan rings is 1. The highest BCUT2D eigenvalue weighted by atomic mass is 79.9. The Morgan fingerprint density at radius 2 is 2.19 bits per heavy atom. The second kappa shape index (κ2) is 5.95. The van der Waals surface area contributed by atoms with Crippen LogP contribution >= 0.6 is 15.9 Å². The monoisotopic (exact) mass is 416 g/mol. The van der Waals surface area contributed by atoms with Gasteiger partial charge in [0, 0.05) is 29.1 Å². The topological polar surface area (TPSA) is 94.1 Å². The summed E-state index contributed by atoms with van der Waals surface area (Å²) >= 11 is 3.62. The zero-order chi connectivity index (χ0) is 17.9. The SMILES string of the molecule is N#Cc1cc2c(Br)c(N[C@@H]3CC4(NC5CCC(O)C5)CC3C4)ncc2o1. The van der Waals surface area contributed by atoms with E-state index in [0.717, 1.165) is 41.4 Å². The van der Waals surface area contributed by atoms with E-state index in [1.165, 1.54) is 12.8 Å². The molecule has 3 N–H and O–H groups in total. The quantitative estimate of drug-likeness (QED) is 0.707. The molecule has 4 aliphatic carbocycles. The van der Waals surface area contributed by atoms with Gasteiger partial charge >= 0.3 is 0 Å². The molecule has 2 heterocycles. The first-order valence-electron chi connectivity index (χ1n) is 9.26. The van der Waals surface area contributed by atoms with Gasteiger partial charge in [0.25, 0.3) is 0 Å². The Bertz CT molecular complexity index is 899. The maximum Gasteiger partial charge on any atom is 0.204 e. The van der Waals surface area contributed by atoms with Crippen LogP contribution in [0.5, 0.6) is 0 Å². The Morgan fingerprint density at radius 3 is 2.92 bits per heavy atom. The first-order chi connectivity index (χ1) is 12.5. The van der Waals surface area contributed by atoms with Crippen LogP contribution in [0.2, 0.25) is 0 Å². The first-order valence-corrected chi connectivity index (χ1v) is 10.0. The van der Waals surface area contributed by atoms with Gasteiger partial charge in [0.2, 0.25) is 5.76 Å². The van der Waals surface area contributed by atoms with E-state index in [1.807, 2.05) is 6.07 Å². The molecule has 0 amide bonds. The fraction of sp³-hybridized carbons (Fsp3) is 0.579. The summed E-state index contributed by atoms with van der Waals surface area (Å²) in [4.78, 5) is 4.49. The summed E-state index contributed by atoms with van der Waals surface area (Å²) in [6, 6.07) is 4.64. The molecule has 0 aromatic carbocycles. The van der Waals surface area contributed by atoms with Gasteiger partial charge < -0.3 is 20.2 Å². The van der Waals surface area contributed by atoms with E-state index in [1.54, 1.807) is 12.3 Å². The third kappa shape index (κ3) is 2.63. The summed E-state index contributed by atoms with van der Waals surface area (Å²) in [5.74, 6) is 1.77. The molecular weight excluding hydrogens is 396 g/mol. The van der Waals surface area contributed by atoms with Gasteiger partial charge in [-0.1, -0.05) is 0 Å². The number of halogens is 1. The van der Waals surface area contributed by atoms with Crippen LogP contribution in [0.3, 0.4) is 0 Å². The number of aliphatic hydroxyl groups is 1. The van der Waals surface area contributed by atoms with Gasteiger partial charge in [-0.15, -0.1) is 0 Å². The Kier molecular flexibility index (Phi) is 3.78. The number of nitrogens with one attached hydrogen (secondary N) is 2. The van der Waals surface area contributed by atoms with Crippen molar-refractivity contribution in [1.29, 1.82) is 5.26 Å². The number of fused-ring (bicyclic) bond motifs is 2. The van der Waals surface area contributed by atoms with E-state index in [0.29, 0.717) is 29.3 Å². The van der Waals surface area contributed by atoms with Crippen molar-refractivity contribution in [3.05, 3.63) is 22.5 Å². The van der Waals surface area contributed by atoms with Crippen molar-refractivity contribution in [1.82, 2.24) is 10.3 Å². The Labute approximate surface area is 160 Å². The van der Waals surface area contributed by atoms with E-state index in [-0.39, 0.29) is 11.6 Å². The van der Waals surface area contributed by atoms with Crippen LogP contribution in [0, 0.1) is 17.2 Å². The molecule has 4 aliphatic rings. The minimum atomic E-state index is -0.129. The molecule has 0 spiro atoms. The number of aromatic nitrogens is 1. The second-order valence-corrected chi connectivity index (χ2v) is 8.93. The molecule has 26 heavy (non-hydrogen) atoms. The van der Waals surface area contributed by atoms with Crippen molar-refractivity contribution in [2.24, 2.45) is 5.92 Å². The molecule has 2 aromatic heterocycles. The molecule has 4 fully saturated rings. The Morgan fingerprint density at radius 1 is 1.35 bits per heavy atom. The van der Waals surface area contributed by atoms with E-state index in [4.69, 9.17) is 9.68 Å². The fourth-order valence-corrected chi connectivity index (χ4v) is 5.69. The fourth-order valence-electron chi connectivity index (χ4n) is 5.16. The lowest BCUT2D eigenvalue weighted by Crippen LogP contribution is -2.53. The van der Waals surface area contributed by atoms with Crippen molar-refractivity contribution < 1.29 is 9.52 Å². The van der Waals surface area contributed by atoms with Gasteiger partial charge in [0.1, 0.15) is 11.9 Å². The number of rotatable bonds is 4. The van der Waals surface area contributed by atoms with Crippen LogP contribution in [0.4, 0.5) is 5.82 Å². The molecule has 2 aromatic rings. The highest BCUT2D eigenvalue weighted by Crippen LogP contribution is 2.53. The molecule has 6 nitrogen and oxygen atoms in total. The predicted molar refractivity (Wildman–Crippen MR) is 101 cm³/mol. The van der Waals surface area contributed by atoms with Gasteiger partial charge in [0.15, 0.2) is 5.58 Å². The molecule has 4 saturated carbocycles. The third-order valence-electron chi connectivity index (χ3n) is 6.35. The molecular formula is C19H21BrN4O2. The third-order valence-corrected chi connectivity index (χ3v) is 7.15. The van der Waals surface area contributed by atoms with Crippen LogP contribution in [0.1, 0.15) is 44.3 Å². The Hall–Kier alpha value is -1.62. The molecule has 0 aliphatic heterocycles. The molecule has 2 bridgehead atoms. The average molecular weight is 417 g/mol. The lowest BCUT2D eigenvalue weighted by Gasteiger charge is -2.41. The van der Waals surface area contributed by atoms with Gasteiger partial charge in [-0.05, 0) is 60.4 Å². The van der Waals surface area contributed by atoms with Gasteiger partial charge in [0.05, 0.1) is 16.8 Å². The van der Waals surface area contributed by atoms with E-state index < -0.39 is 0 Å². The summed E-state index contributed by atoms with van der Waals surface area (Å²) in [5, 5.41) is 27.1. The minimum absolute atomic E-state index is 0.129. The van der Waals surface area contributed by atoms with E-state index in [9.17, 15) is 5.11 Å². The van der Waals surface area contributed by atoms with E-state index >= 15 is 0 Å². The lowest BCUT2D eigenvalue weighted by atomic mass is 9.76. The molecule has 136 valence electrons. The zero-order valence-corrected chi connectivity index (χ0v) is 15.9. The molecule has 6 rings (SSSR count). The van der Waals surface area contributed by atoms with Crippen molar-refractivity contribution >= 4 is 32.7 Å². The number of hydrogen-bond donors (Lipinski definition) is 3. The van der Waals surface area contributed by atoms with Gasteiger partial charge in [-0.2, -0.15) is 5.26 Å². The maximum absolute atomic E-state index is 9.76. The van der Waals surface area contributed by atoms with Crippen molar-refractivity contribution in [2.45, 2.75) is 62.3 Å². The van der Waals surface area contributed by atoms with Crippen LogP contribution in [-0.4, -0.2) is 33.8 Å². The normalized spacial score (nSPS) is 35.4. The highest BCUT2D eigenvalue weighted by molar-refractivity contribution is 9.10. The molecule has 7 heteroatoms. The number of nitriles is 1. The van der Waals surface area contributed by atoms with Crippen LogP contribution in [0.15, 0.2) is 21.2 Å². The molecule has 0 radical (unpaired) electrons. The second-order valence-electron chi connectivity index (χ2n) is 8.13. The Balaban J connectivity index is 1.30. The maximum atomic E-state index is 9.76. The summed E-state index contributed by atoms with van der Waals surface area (Å²) in [5.41, 5.74) is 0.852. The van der Waals surface area contributed by atoms with Gasteiger partial charge in [-0.25, -0.2) is 4.98 Å². The number of hydrogen-bond acceptors (Lipinski definition) is 6. The van der Waals surface area contributed by atoms with Crippen molar-refractivity contribution in [3.8, 4) is 6.07 Å². The summed E-state index contributed by atoms with van der Waals surface area (Å²) in [7, 11) is 0. The lowest BCUT2D eigenvalue weighted by molar-refractivity contribution is 0.152. The summed E-state index contributed by atoms with van der Waals surface area (Å²) in [6.45, 7) is 0. The van der Waals surface area contributed by atoms with Crippen LogP contribution in [0.25, 0.3) is 11.0 Å². The minimum Gasteiger partial charge on any atom is -0.444 e. The number of aliphatic hydroxyl groups excluding tert-OH is 1. The summed E-state index contributed by atoms with van der Waals surface area (Å²) in [6.07, 6.45) is 7.92. The zero-order valence-electron chi connectivity index (χ0n) is 14.3. The van der Waals surface area contributed by atoms with Crippen molar-refractivity contribution in [3.63, 3.8) is 0 Å². The summed E-state index contributed by atoms with van der Waals surface area (Å²) < 4.78 is 6.29.